The molecular formula is C12H17N3OS. The fourth-order valence-corrected chi connectivity index (χ4v) is 3.80. The second kappa shape index (κ2) is 4.14. The van der Waals surface area contributed by atoms with Gasteiger partial charge in [0, 0.05) is 24.2 Å². The maximum absolute atomic E-state index is 6.03. The third kappa shape index (κ3) is 1.72. The van der Waals surface area contributed by atoms with Gasteiger partial charge in [-0.2, -0.15) is 11.8 Å². The molecule has 0 spiro atoms. The number of hydrogen-bond acceptors (Lipinski definition) is 5. The summed E-state index contributed by atoms with van der Waals surface area (Å²) < 4.78 is 5.71. The van der Waals surface area contributed by atoms with Crippen LogP contribution in [-0.4, -0.2) is 17.1 Å². The number of fused-ring (bicyclic) bond motifs is 1. The Hall–Kier alpha value is -0.810. The fraction of sp³-hybridized carbons (Fsp3) is 0.667. The smallest absolute Gasteiger partial charge is 0.162 e. The number of hydrogen-bond donors (Lipinski definition) is 1. The Kier molecular flexibility index (Phi) is 2.75. The summed E-state index contributed by atoms with van der Waals surface area (Å²) in [5.74, 6) is 3.35. The number of nitrogens with zero attached hydrogens (tertiary/aromatic N) is 2. The van der Waals surface area contributed by atoms with Gasteiger partial charge in [0.1, 0.15) is 11.4 Å². The minimum absolute atomic E-state index is 0.281. The molecule has 17 heavy (non-hydrogen) atoms. The molecule has 0 unspecified atom stereocenters. The third-order valence-electron chi connectivity index (χ3n) is 3.82. The second-order valence-corrected chi connectivity index (χ2v) is 5.74. The summed E-state index contributed by atoms with van der Waals surface area (Å²) in [6, 6.07) is 0. The maximum atomic E-state index is 6.03. The lowest BCUT2D eigenvalue weighted by Gasteiger charge is -2.26. The molecule has 5 heteroatoms. The van der Waals surface area contributed by atoms with E-state index in [1.165, 1.54) is 12.8 Å². The summed E-state index contributed by atoms with van der Waals surface area (Å²) in [6.45, 7) is 0. The van der Waals surface area contributed by atoms with Crippen LogP contribution in [0.5, 0.6) is 0 Å². The molecular weight excluding hydrogens is 234 g/mol. The van der Waals surface area contributed by atoms with Crippen molar-refractivity contribution in [2.45, 2.75) is 42.8 Å². The van der Waals surface area contributed by atoms with E-state index in [9.17, 15) is 0 Å². The highest BCUT2D eigenvalue weighted by Crippen LogP contribution is 2.42. The number of nitrogen functional groups attached to an aromatic ring is 1. The zero-order chi connectivity index (χ0) is 11.9. The summed E-state index contributed by atoms with van der Waals surface area (Å²) in [7, 11) is 1.76. The quantitative estimate of drug-likeness (QED) is 0.873. The second-order valence-electron chi connectivity index (χ2n) is 4.76. The molecule has 1 aliphatic heterocycles. The number of aromatic nitrogens is 2. The van der Waals surface area contributed by atoms with E-state index < -0.39 is 0 Å². The predicted octanol–water partition coefficient (Wildman–Crippen LogP) is 2.22. The van der Waals surface area contributed by atoms with Gasteiger partial charge in [0.25, 0.3) is 0 Å². The molecule has 1 saturated carbocycles. The molecule has 1 aromatic rings. The van der Waals surface area contributed by atoms with Crippen LogP contribution in [-0.2, 0) is 21.8 Å². The topological polar surface area (TPSA) is 61.0 Å². The maximum Gasteiger partial charge on any atom is 0.162 e. The first-order chi connectivity index (χ1) is 8.25. The van der Waals surface area contributed by atoms with Crippen molar-refractivity contribution in [2.24, 2.45) is 0 Å². The summed E-state index contributed by atoms with van der Waals surface area (Å²) in [5, 5.41) is 0. The first-order valence-electron chi connectivity index (χ1n) is 6.04. The number of ether oxygens (including phenoxy) is 1. The highest BCUT2D eigenvalue weighted by atomic mass is 32.2. The van der Waals surface area contributed by atoms with Crippen LogP contribution in [0.1, 0.15) is 42.8 Å². The van der Waals surface area contributed by atoms with Crippen LogP contribution in [0.3, 0.4) is 0 Å². The van der Waals surface area contributed by atoms with Crippen LogP contribution in [0.2, 0.25) is 0 Å². The molecule has 0 saturated heterocycles. The molecule has 92 valence electrons. The van der Waals surface area contributed by atoms with Crippen molar-refractivity contribution in [1.29, 1.82) is 0 Å². The molecule has 1 aliphatic carbocycles. The van der Waals surface area contributed by atoms with Crippen molar-refractivity contribution in [1.82, 2.24) is 9.97 Å². The normalized spacial score (nSPS) is 21.7. The lowest BCUT2D eigenvalue weighted by molar-refractivity contribution is -0.0163. The average molecular weight is 251 g/mol. The highest BCUT2D eigenvalue weighted by Gasteiger charge is 2.39. The van der Waals surface area contributed by atoms with Gasteiger partial charge in [0.2, 0.25) is 0 Å². The number of anilines is 1. The average Bonchev–Trinajstić information content (AvgIpc) is 2.98. The SMILES string of the molecule is COC1(c2nc(N)c3c(n2)CSC3)CCCC1. The monoisotopic (exact) mass is 251 g/mol. The van der Waals surface area contributed by atoms with Gasteiger partial charge in [-0.05, 0) is 25.7 Å². The molecule has 0 atom stereocenters. The lowest BCUT2D eigenvalue weighted by atomic mass is 10.0. The van der Waals surface area contributed by atoms with E-state index in [2.05, 4.69) is 4.98 Å². The van der Waals surface area contributed by atoms with Crippen LogP contribution in [0.4, 0.5) is 5.82 Å². The summed E-state index contributed by atoms with van der Waals surface area (Å²) in [6.07, 6.45) is 4.38. The molecule has 2 heterocycles. The Balaban J connectivity index is 2.06. The molecule has 0 radical (unpaired) electrons. The third-order valence-corrected chi connectivity index (χ3v) is 4.79. The van der Waals surface area contributed by atoms with Gasteiger partial charge in [-0.15, -0.1) is 0 Å². The van der Waals surface area contributed by atoms with Gasteiger partial charge < -0.3 is 10.5 Å². The summed E-state index contributed by atoms with van der Waals surface area (Å²) >= 11 is 1.85. The van der Waals surface area contributed by atoms with Gasteiger partial charge in [-0.3, -0.25) is 0 Å². The molecule has 4 nitrogen and oxygen atoms in total. The molecule has 2 N–H and O–H groups in total. The van der Waals surface area contributed by atoms with Crippen molar-refractivity contribution in [3.63, 3.8) is 0 Å². The lowest BCUT2D eigenvalue weighted by Crippen LogP contribution is -2.28. The van der Waals surface area contributed by atoms with Crippen molar-refractivity contribution >= 4 is 17.6 Å². The van der Waals surface area contributed by atoms with E-state index in [4.69, 9.17) is 15.5 Å². The minimum Gasteiger partial charge on any atom is -0.383 e. The Morgan fingerprint density at radius 1 is 1.24 bits per heavy atom. The molecule has 0 aromatic carbocycles. The fourth-order valence-electron chi connectivity index (χ4n) is 2.75. The Morgan fingerprint density at radius 2 is 2.00 bits per heavy atom. The van der Waals surface area contributed by atoms with E-state index >= 15 is 0 Å². The molecule has 2 aliphatic rings. The zero-order valence-electron chi connectivity index (χ0n) is 10.0. The highest BCUT2D eigenvalue weighted by molar-refractivity contribution is 7.98. The Bertz CT molecular complexity index is 444. The standard InChI is InChI=1S/C12H17N3OS/c1-16-12(4-2-3-5-12)11-14-9-7-17-6-8(9)10(13)15-11/h2-7H2,1H3,(H2,13,14,15). The van der Waals surface area contributed by atoms with E-state index in [0.717, 1.165) is 41.4 Å². The van der Waals surface area contributed by atoms with Crippen LogP contribution < -0.4 is 5.73 Å². The van der Waals surface area contributed by atoms with E-state index in [1.807, 2.05) is 11.8 Å². The van der Waals surface area contributed by atoms with Gasteiger partial charge in [0.05, 0.1) is 5.69 Å². The van der Waals surface area contributed by atoms with E-state index in [0.29, 0.717) is 5.82 Å². The largest absolute Gasteiger partial charge is 0.383 e. The van der Waals surface area contributed by atoms with E-state index in [-0.39, 0.29) is 5.60 Å². The summed E-state index contributed by atoms with van der Waals surface area (Å²) in [5.41, 5.74) is 7.99. The van der Waals surface area contributed by atoms with Crippen LogP contribution in [0.25, 0.3) is 0 Å². The van der Waals surface area contributed by atoms with Crippen molar-refractivity contribution in [3.8, 4) is 0 Å². The van der Waals surface area contributed by atoms with Gasteiger partial charge in [-0.25, -0.2) is 9.97 Å². The van der Waals surface area contributed by atoms with Gasteiger partial charge >= 0.3 is 0 Å². The van der Waals surface area contributed by atoms with Crippen LogP contribution in [0.15, 0.2) is 0 Å². The first kappa shape index (κ1) is 11.3. The number of rotatable bonds is 2. The number of methoxy groups -OCH3 is 1. The van der Waals surface area contributed by atoms with Crippen LogP contribution >= 0.6 is 11.8 Å². The molecule has 0 bridgehead atoms. The molecule has 1 fully saturated rings. The molecule has 3 rings (SSSR count). The van der Waals surface area contributed by atoms with Gasteiger partial charge in [0.15, 0.2) is 5.82 Å². The van der Waals surface area contributed by atoms with Crippen molar-refractivity contribution in [3.05, 3.63) is 17.1 Å². The van der Waals surface area contributed by atoms with Gasteiger partial charge in [-0.1, -0.05) is 0 Å². The first-order valence-corrected chi connectivity index (χ1v) is 7.19. The number of thioether (sulfide) groups is 1. The number of nitrogens with two attached hydrogens (primary N) is 1. The molecule has 0 amide bonds. The van der Waals surface area contributed by atoms with Crippen molar-refractivity contribution < 1.29 is 4.74 Å². The van der Waals surface area contributed by atoms with E-state index in [1.54, 1.807) is 7.11 Å². The molecule has 1 aromatic heterocycles. The predicted molar refractivity (Wildman–Crippen MR) is 68.6 cm³/mol. The van der Waals surface area contributed by atoms with Crippen molar-refractivity contribution in [2.75, 3.05) is 12.8 Å². The Morgan fingerprint density at radius 3 is 2.71 bits per heavy atom. The Labute approximate surface area is 105 Å². The minimum atomic E-state index is -0.281. The van der Waals surface area contributed by atoms with Crippen LogP contribution in [0, 0.1) is 0 Å². The summed E-state index contributed by atoms with van der Waals surface area (Å²) in [4.78, 5) is 9.20. The zero-order valence-corrected chi connectivity index (χ0v) is 10.8.